The molecular formula is C13H20N2O4S. The van der Waals surface area contributed by atoms with E-state index in [2.05, 4.69) is 4.98 Å². The summed E-state index contributed by atoms with van der Waals surface area (Å²) in [5.41, 5.74) is 1.68. The van der Waals surface area contributed by atoms with E-state index in [0.717, 1.165) is 5.56 Å². The van der Waals surface area contributed by atoms with Crippen LogP contribution in [0, 0.1) is 19.8 Å². The number of aliphatic carboxylic acids is 1. The number of hydrogen-bond donors (Lipinski definition) is 1. The van der Waals surface area contributed by atoms with Gasteiger partial charge in [-0.25, -0.2) is 4.79 Å². The van der Waals surface area contributed by atoms with Crippen molar-refractivity contribution in [2.75, 3.05) is 12.0 Å². The summed E-state index contributed by atoms with van der Waals surface area (Å²) in [6.07, 6.45) is 1.91. The van der Waals surface area contributed by atoms with Gasteiger partial charge in [-0.05, 0) is 25.8 Å². The summed E-state index contributed by atoms with van der Waals surface area (Å²) in [6, 6.07) is 0. The summed E-state index contributed by atoms with van der Waals surface area (Å²) in [6.45, 7) is 5.44. The van der Waals surface area contributed by atoms with Crippen LogP contribution in [0.25, 0.3) is 0 Å². The van der Waals surface area contributed by atoms with Crippen molar-refractivity contribution in [2.45, 2.75) is 33.7 Å². The molecule has 0 saturated carbocycles. The van der Waals surface area contributed by atoms with Crippen LogP contribution in [-0.4, -0.2) is 36.8 Å². The molecule has 6 nitrogen and oxygen atoms in total. The number of carboxylic acid groups (broad SMARTS) is 1. The largest absolute Gasteiger partial charge is 0.481 e. The molecule has 1 N–H and O–H groups in total. The van der Waals surface area contributed by atoms with Crippen molar-refractivity contribution in [3.63, 3.8) is 0 Å². The molecule has 0 aliphatic rings. The van der Waals surface area contributed by atoms with Gasteiger partial charge in [0.25, 0.3) is 0 Å². The van der Waals surface area contributed by atoms with Crippen LogP contribution in [0.4, 0.5) is 0 Å². The molecule has 0 aliphatic carbocycles. The van der Waals surface area contributed by atoms with Gasteiger partial charge in [0.1, 0.15) is 0 Å². The smallest absolute Gasteiger partial charge is 0.348 e. The van der Waals surface area contributed by atoms with Crippen LogP contribution in [-0.2, 0) is 28.6 Å². The van der Waals surface area contributed by atoms with Crippen LogP contribution in [0.5, 0.6) is 0 Å². The van der Waals surface area contributed by atoms with Crippen molar-refractivity contribution in [3.05, 3.63) is 27.4 Å². The first-order valence-corrected chi connectivity index (χ1v) is 8.06. The molecule has 2 atom stereocenters. The maximum atomic E-state index is 11.9. The zero-order chi connectivity index (χ0) is 15.4. The van der Waals surface area contributed by atoms with E-state index in [1.54, 1.807) is 27.0 Å². The van der Waals surface area contributed by atoms with Crippen LogP contribution >= 0.6 is 0 Å². The second kappa shape index (κ2) is 6.78. The third-order valence-corrected chi connectivity index (χ3v) is 4.06. The molecule has 0 spiro atoms. The number of rotatable bonds is 6. The molecule has 0 aliphatic heterocycles. The van der Waals surface area contributed by atoms with Gasteiger partial charge in [0, 0.05) is 40.7 Å². The molecule has 7 heteroatoms. The lowest BCUT2D eigenvalue weighted by molar-refractivity contribution is -0.141. The monoisotopic (exact) mass is 300 g/mol. The molecule has 0 aromatic carbocycles. The first-order valence-electron chi connectivity index (χ1n) is 6.33. The van der Waals surface area contributed by atoms with Gasteiger partial charge in [0.2, 0.25) is 0 Å². The minimum atomic E-state index is -0.994. The number of aromatic nitrogens is 2. The van der Waals surface area contributed by atoms with E-state index in [1.807, 2.05) is 0 Å². The van der Waals surface area contributed by atoms with Crippen LogP contribution in [0.2, 0.25) is 0 Å². The van der Waals surface area contributed by atoms with Crippen LogP contribution in [0.3, 0.4) is 0 Å². The molecule has 2 unspecified atom stereocenters. The fourth-order valence-electron chi connectivity index (χ4n) is 2.01. The SMILES string of the molecule is Cc1nc(=O)n(CCS(C)=O)c(C)c1CC(C)C(=O)O. The molecule has 1 aromatic rings. The predicted octanol–water partition coefficient (Wildman–Crippen LogP) is 0.502. The van der Waals surface area contributed by atoms with Crippen molar-refractivity contribution in [1.82, 2.24) is 9.55 Å². The standard InChI is InChI=1S/C13H20N2O4S/c1-8(12(16)17)7-11-9(2)14-13(18)15(10(11)3)5-6-20(4)19/h8H,5-7H2,1-4H3,(H,16,17). The highest BCUT2D eigenvalue weighted by Gasteiger charge is 2.18. The highest BCUT2D eigenvalue weighted by Crippen LogP contribution is 2.15. The lowest BCUT2D eigenvalue weighted by atomic mass is 9.99. The maximum Gasteiger partial charge on any atom is 0.348 e. The van der Waals surface area contributed by atoms with Gasteiger partial charge < -0.3 is 5.11 Å². The average molecular weight is 300 g/mol. The molecule has 112 valence electrons. The van der Waals surface area contributed by atoms with Gasteiger partial charge in [0.15, 0.2) is 0 Å². The lowest BCUT2D eigenvalue weighted by Crippen LogP contribution is -2.30. The summed E-state index contributed by atoms with van der Waals surface area (Å²) in [5, 5.41) is 9.00. The van der Waals surface area contributed by atoms with E-state index in [0.29, 0.717) is 30.1 Å². The summed E-state index contributed by atoms with van der Waals surface area (Å²) < 4.78 is 12.6. The fraction of sp³-hybridized carbons (Fsp3) is 0.615. The Balaban J connectivity index is 3.18. The van der Waals surface area contributed by atoms with E-state index < -0.39 is 22.7 Å². The molecule has 0 radical (unpaired) electrons. The molecule has 1 heterocycles. The van der Waals surface area contributed by atoms with Gasteiger partial charge in [-0.15, -0.1) is 0 Å². The Labute approximate surface area is 120 Å². The normalized spacial score (nSPS) is 14.0. The second-order valence-corrected chi connectivity index (χ2v) is 6.47. The second-order valence-electron chi connectivity index (χ2n) is 4.92. The number of nitrogens with zero attached hydrogens (tertiary/aromatic N) is 2. The van der Waals surface area contributed by atoms with Crippen molar-refractivity contribution in [1.29, 1.82) is 0 Å². The summed E-state index contributed by atoms with van der Waals surface area (Å²) in [5.74, 6) is -1.05. The zero-order valence-corrected chi connectivity index (χ0v) is 13.0. The Bertz CT molecular complexity index is 595. The van der Waals surface area contributed by atoms with Crippen molar-refractivity contribution in [2.24, 2.45) is 5.92 Å². The van der Waals surface area contributed by atoms with Crippen molar-refractivity contribution in [3.8, 4) is 0 Å². The first-order chi connectivity index (χ1) is 9.23. The van der Waals surface area contributed by atoms with E-state index in [9.17, 15) is 13.8 Å². The highest BCUT2D eigenvalue weighted by atomic mass is 32.2. The number of hydrogen-bond acceptors (Lipinski definition) is 4. The minimum Gasteiger partial charge on any atom is -0.481 e. The van der Waals surface area contributed by atoms with Gasteiger partial charge >= 0.3 is 11.7 Å². The van der Waals surface area contributed by atoms with Gasteiger partial charge in [-0.3, -0.25) is 13.6 Å². The first kappa shape index (κ1) is 16.6. The summed E-state index contributed by atoms with van der Waals surface area (Å²) in [4.78, 5) is 26.8. The lowest BCUT2D eigenvalue weighted by Gasteiger charge is -2.16. The third-order valence-electron chi connectivity index (χ3n) is 3.31. The molecule has 1 rings (SSSR count). The Morgan fingerprint density at radius 1 is 1.45 bits per heavy atom. The molecule has 0 fully saturated rings. The summed E-state index contributed by atoms with van der Waals surface area (Å²) >= 11 is 0. The van der Waals surface area contributed by atoms with Gasteiger partial charge in [0.05, 0.1) is 5.92 Å². The fourth-order valence-corrected chi connectivity index (χ4v) is 2.45. The molecule has 0 saturated heterocycles. The van der Waals surface area contributed by atoms with Gasteiger partial charge in [-0.2, -0.15) is 4.98 Å². The summed E-state index contributed by atoms with van der Waals surface area (Å²) in [7, 11) is -0.994. The van der Waals surface area contributed by atoms with Crippen molar-refractivity contribution < 1.29 is 14.1 Å². The minimum absolute atomic E-state index is 0.329. The zero-order valence-electron chi connectivity index (χ0n) is 12.2. The Hall–Kier alpha value is -1.50. The molecular weight excluding hydrogens is 280 g/mol. The third kappa shape index (κ3) is 4.00. The van der Waals surface area contributed by atoms with E-state index in [4.69, 9.17) is 5.11 Å². The Morgan fingerprint density at radius 3 is 2.55 bits per heavy atom. The van der Waals surface area contributed by atoms with Gasteiger partial charge in [-0.1, -0.05) is 6.92 Å². The predicted molar refractivity (Wildman–Crippen MR) is 77.4 cm³/mol. The van der Waals surface area contributed by atoms with E-state index in [-0.39, 0.29) is 5.69 Å². The number of carboxylic acids is 1. The topological polar surface area (TPSA) is 89.3 Å². The number of aryl methyl sites for hydroxylation is 1. The molecule has 0 amide bonds. The Kier molecular flexibility index (Phi) is 5.62. The van der Waals surface area contributed by atoms with Crippen LogP contribution < -0.4 is 5.69 Å². The van der Waals surface area contributed by atoms with E-state index >= 15 is 0 Å². The van der Waals surface area contributed by atoms with Crippen LogP contribution in [0.15, 0.2) is 4.79 Å². The molecule has 1 aromatic heterocycles. The van der Waals surface area contributed by atoms with Crippen LogP contribution in [0.1, 0.15) is 23.9 Å². The number of carbonyl (C=O) groups is 1. The average Bonchev–Trinajstić information content (AvgIpc) is 2.33. The van der Waals surface area contributed by atoms with E-state index in [1.165, 1.54) is 4.57 Å². The highest BCUT2D eigenvalue weighted by molar-refractivity contribution is 7.84. The Morgan fingerprint density at radius 2 is 2.05 bits per heavy atom. The quantitative estimate of drug-likeness (QED) is 0.826. The maximum absolute atomic E-state index is 11.9. The molecule has 0 bridgehead atoms. The molecule has 20 heavy (non-hydrogen) atoms. The van der Waals surface area contributed by atoms with Crippen molar-refractivity contribution >= 4 is 16.8 Å².